The molecule has 7 aromatic carbocycles. The zero-order chi connectivity index (χ0) is 41.9. The molecule has 4 heteroatoms. The molecule has 0 saturated carbocycles. The zero-order valence-corrected chi connectivity index (χ0v) is 38.3. The Labute approximate surface area is 373 Å². The summed E-state index contributed by atoms with van der Waals surface area (Å²) in [6, 6.07) is 51.3. The molecule has 4 aromatic heterocycles. The molecular weight excluding hydrogens is 789 g/mol. The summed E-state index contributed by atoms with van der Waals surface area (Å²) in [5.41, 5.74) is 10.6. The van der Waals surface area contributed by atoms with Crippen LogP contribution >= 0.6 is 22.7 Å². The Balaban J connectivity index is 1.09. The van der Waals surface area contributed by atoms with Crippen LogP contribution in [-0.2, 0) is 13.1 Å². The number of nitrogens with zero attached hydrogens (tertiary/aromatic N) is 2. The molecule has 0 aliphatic carbocycles. The largest absolute Gasteiger partial charge is 0.340 e. The predicted molar refractivity (Wildman–Crippen MR) is 276 cm³/mol. The number of hydrogen-bond donors (Lipinski definition) is 0. The highest BCUT2D eigenvalue weighted by molar-refractivity contribution is 7.27. The zero-order valence-electron chi connectivity index (χ0n) is 36.6. The van der Waals surface area contributed by atoms with Crippen LogP contribution in [0.25, 0.3) is 106 Å². The fraction of sp³-hybridized carbons (Fsp3) is 0.276. The highest BCUT2D eigenvalue weighted by atomic mass is 32.1. The van der Waals surface area contributed by atoms with Crippen LogP contribution in [0.2, 0.25) is 0 Å². The van der Waals surface area contributed by atoms with Gasteiger partial charge >= 0.3 is 0 Å². The number of aromatic nitrogens is 2. The summed E-state index contributed by atoms with van der Waals surface area (Å²) in [5.74, 6) is 1.31. The summed E-state index contributed by atoms with van der Waals surface area (Å²) in [6.45, 7) is 11.5. The van der Waals surface area contributed by atoms with Crippen LogP contribution < -0.4 is 0 Å². The third-order valence-electron chi connectivity index (χ3n) is 14.2. The lowest BCUT2D eigenvalue weighted by Gasteiger charge is -2.18. The van der Waals surface area contributed by atoms with Gasteiger partial charge in [-0.25, -0.2) is 0 Å². The molecule has 11 aromatic rings. The van der Waals surface area contributed by atoms with E-state index in [-0.39, 0.29) is 0 Å². The van der Waals surface area contributed by atoms with E-state index in [9.17, 15) is 0 Å². The van der Waals surface area contributed by atoms with Crippen molar-refractivity contribution in [1.82, 2.24) is 9.13 Å². The molecule has 0 amide bonds. The van der Waals surface area contributed by atoms with Crippen molar-refractivity contribution in [1.29, 1.82) is 0 Å². The molecule has 0 aliphatic heterocycles. The molecule has 4 heterocycles. The normalized spacial score (nSPS) is 13.4. The summed E-state index contributed by atoms with van der Waals surface area (Å²) >= 11 is 3.94. The van der Waals surface area contributed by atoms with Crippen molar-refractivity contribution in [2.75, 3.05) is 0 Å². The Hall–Kier alpha value is -5.42. The number of fused-ring (bicyclic) bond motifs is 12. The van der Waals surface area contributed by atoms with Crippen molar-refractivity contribution < 1.29 is 0 Å². The molecule has 2 nitrogen and oxygen atoms in total. The Bertz CT molecular complexity index is 3180. The number of thiophene rings is 2. The molecule has 310 valence electrons. The standard InChI is InChI=1S/C58H56N2S2/c1-5-9-17-37(7-3)35-59-51-27-41(39-19-13-11-14-20-39)23-25-43(51)45-31-55-47(29-53(45)59)49-33-58-50(34-57(49)61-55)48-30-54-46(32-56(48)62-58)44-26-24-42(40-21-15-12-16-22-40)28-52(44)60(54)36-38(8-4)18-10-6-2/h11-16,19-34,37-38H,5-10,17-18,35-36H2,1-4H3. The Kier molecular flexibility index (Phi) is 10.4. The van der Waals surface area contributed by atoms with Gasteiger partial charge in [-0.05, 0) is 95.5 Å². The van der Waals surface area contributed by atoms with E-state index >= 15 is 0 Å². The smallest absolute Gasteiger partial charge is 0.0498 e. The van der Waals surface area contributed by atoms with Crippen LogP contribution in [0.4, 0.5) is 0 Å². The SMILES string of the molecule is CCCCC(CC)Cn1c2cc(-c3ccccc3)ccc2c2cc3sc4cc5c(cc4c3cc21)sc1cc2c3ccc(-c4ccccc4)cc3n(CC(CC)CCCC)c2cc15. The van der Waals surface area contributed by atoms with Crippen molar-refractivity contribution >= 4 is 107 Å². The summed E-state index contributed by atoms with van der Waals surface area (Å²) in [4.78, 5) is 0. The van der Waals surface area contributed by atoms with Crippen LogP contribution in [0, 0.1) is 11.8 Å². The lowest BCUT2D eigenvalue weighted by molar-refractivity contribution is 0.401. The molecule has 0 radical (unpaired) electrons. The van der Waals surface area contributed by atoms with Gasteiger partial charge in [0, 0.05) is 97.0 Å². The second-order valence-corrected chi connectivity index (χ2v) is 20.2. The van der Waals surface area contributed by atoms with Crippen molar-refractivity contribution in [3.05, 3.63) is 133 Å². The highest BCUT2D eigenvalue weighted by Crippen LogP contribution is 2.46. The van der Waals surface area contributed by atoms with Gasteiger partial charge in [0.05, 0.1) is 0 Å². The minimum absolute atomic E-state index is 0.654. The van der Waals surface area contributed by atoms with Crippen molar-refractivity contribution in [2.24, 2.45) is 11.8 Å². The molecule has 0 fully saturated rings. The van der Waals surface area contributed by atoms with Gasteiger partial charge in [-0.1, -0.05) is 151 Å². The van der Waals surface area contributed by atoms with Gasteiger partial charge in [0.15, 0.2) is 0 Å². The van der Waals surface area contributed by atoms with Crippen LogP contribution in [0.3, 0.4) is 0 Å². The van der Waals surface area contributed by atoms with Crippen molar-refractivity contribution in [2.45, 2.75) is 92.2 Å². The maximum absolute atomic E-state index is 2.68. The van der Waals surface area contributed by atoms with Crippen LogP contribution in [0.15, 0.2) is 133 Å². The molecule has 0 N–H and O–H groups in total. The van der Waals surface area contributed by atoms with E-state index in [1.54, 1.807) is 0 Å². The van der Waals surface area contributed by atoms with Gasteiger partial charge in [0.1, 0.15) is 0 Å². The van der Waals surface area contributed by atoms with Crippen LogP contribution in [-0.4, -0.2) is 9.13 Å². The summed E-state index contributed by atoms with van der Waals surface area (Å²) in [5, 5.41) is 11.1. The van der Waals surface area contributed by atoms with E-state index in [2.05, 4.69) is 170 Å². The lowest BCUT2D eigenvalue weighted by Crippen LogP contribution is -2.10. The second kappa shape index (κ2) is 16.4. The fourth-order valence-corrected chi connectivity index (χ4v) is 12.9. The highest BCUT2D eigenvalue weighted by Gasteiger charge is 2.21. The van der Waals surface area contributed by atoms with E-state index in [1.807, 2.05) is 22.7 Å². The molecule has 2 unspecified atom stereocenters. The molecular formula is C58H56N2S2. The topological polar surface area (TPSA) is 9.86 Å². The Morgan fingerprint density at radius 1 is 0.371 bits per heavy atom. The average Bonchev–Trinajstić information content (AvgIpc) is 4.03. The molecule has 0 bridgehead atoms. The number of rotatable bonds is 14. The van der Waals surface area contributed by atoms with Gasteiger partial charge < -0.3 is 9.13 Å². The van der Waals surface area contributed by atoms with Crippen molar-refractivity contribution in [3.63, 3.8) is 0 Å². The molecule has 0 aliphatic rings. The number of hydrogen-bond acceptors (Lipinski definition) is 2. The second-order valence-electron chi connectivity index (χ2n) is 18.0. The predicted octanol–water partition coefficient (Wildman–Crippen LogP) is 18.4. The van der Waals surface area contributed by atoms with Crippen molar-refractivity contribution in [3.8, 4) is 22.3 Å². The van der Waals surface area contributed by atoms with Gasteiger partial charge in [0.2, 0.25) is 0 Å². The van der Waals surface area contributed by atoms with Gasteiger partial charge in [-0.3, -0.25) is 0 Å². The molecule has 2 atom stereocenters. The molecule has 0 saturated heterocycles. The fourth-order valence-electron chi connectivity index (χ4n) is 10.6. The van der Waals surface area contributed by atoms with E-state index in [4.69, 9.17) is 0 Å². The first-order chi connectivity index (χ1) is 30.5. The lowest BCUT2D eigenvalue weighted by atomic mass is 9.99. The third kappa shape index (κ3) is 6.73. The first kappa shape index (κ1) is 39.4. The number of unbranched alkanes of at least 4 members (excludes halogenated alkanes) is 2. The summed E-state index contributed by atoms with van der Waals surface area (Å²) in [6.07, 6.45) is 10.0. The van der Waals surface area contributed by atoms with Crippen LogP contribution in [0.1, 0.15) is 79.1 Å². The minimum atomic E-state index is 0.654. The average molecular weight is 845 g/mol. The van der Waals surface area contributed by atoms with Crippen LogP contribution in [0.5, 0.6) is 0 Å². The summed E-state index contributed by atoms with van der Waals surface area (Å²) in [7, 11) is 0. The quantitative estimate of drug-likeness (QED) is 0.103. The molecule has 11 rings (SSSR count). The van der Waals surface area contributed by atoms with Gasteiger partial charge in [-0.15, -0.1) is 22.7 Å². The number of benzene rings is 7. The van der Waals surface area contributed by atoms with Gasteiger partial charge in [0.25, 0.3) is 0 Å². The maximum Gasteiger partial charge on any atom is 0.0498 e. The third-order valence-corrected chi connectivity index (χ3v) is 16.4. The minimum Gasteiger partial charge on any atom is -0.340 e. The first-order valence-electron chi connectivity index (χ1n) is 23.4. The molecule has 62 heavy (non-hydrogen) atoms. The van der Waals surface area contributed by atoms with E-state index in [0.29, 0.717) is 11.8 Å². The van der Waals surface area contributed by atoms with E-state index < -0.39 is 0 Å². The van der Waals surface area contributed by atoms with E-state index in [0.717, 1.165) is 13.1 Å². The summed E-state index contributed by atoms with van der Waals surface area (Å²) < 4.78 is 10.9. The Morgan fingerprint density at radius 2 is 0.742 bits per heavy atom. The molecule has 0 spiro atoms. The first-order valence-corrected chi connectivity index (χ1v) is 25.0. The Morgan fingerprint density at radius 3 is 1.13 bits per heavy atom. The van der Waals surface area contributed by atoms with Gasteiger partial charge in [-0.2, -0.15) is 0 Å². The maximum atomic E-state index is 2.68. The monoisotopic (exact) mass is 844 g/mol. The van der Waals surface area contributed by atoms with E-state index in [1.165, 1.54) is 158 Å².